The van der Waals surface area contributed by atoms with Crippen molar-refractivity contribution < 1.29 is 0 Å². The van der Waals surface area contributed by atoms with Gasteiger partial charge in [0.2, 0.25) is 0 Å². The van der Waals surface area contributed by atoms with Crippen LogP contribution in [0.25, 0.3) is 0 Å². The molecule has 2 aromatic rings. The van der Waals surface area contributed by atoms with E-state index >= 15 is 0 Å². The normalized spacial score (nSPS) is 12.7. The summed E-state index contributed by atoms with van der Waals surface area (Å²) in [5.74, 6) is 5.67. The fourth-order valence-corrected chi connectivity index (χ4v) is 3.35. The monoisotopic (exact) mass is 325 g/mol. The number of rotatable bonds is 4. The smallest absolute Gasteiger partial charge is 0.0947 e. The lowest BCUT2D eigenvalue weighted by atomic mass is 10.0. The minimum Gasteiger partial charge on any atom is -0.271 e. The molecule has 0 saturated heterocycles. The summed E-state index contributed by atoms with van der Waals surface area (Å²) >= 11 is 5.20. The Morgan fingerprint density at radius 1 is 1.39 bits per heavy atom. The third-order valence-electron chi connectivity index (χ3n) is 2.71. The third kappa shape index (κ3) is 3.38. The Morgan fingerprint density at radius 2 is 2.17 bits per heavy atom. The van der Waals surface area contributed by atoms with Crippen molar-refractivity contribution in [3.05, 3.63) is 49.9 Å². The van der Waals surface area contributed by atoms with Gasteiger partial charge < -0.3 is 0 Å². The fourth-order valence-electron chi connectivity index (χ4n) is 1.91. The van der Waals surface area contributed by atoms with Crippen LogP contribution in [0, 0.1) is 13.8 Å². The summed E-state index contributed by atoms with van der Waals surface area (Å²) in [5, 5.41) is 3.17. The van der Waals surface area contributed by atoms with E-state index in [4.69, 9.17) is 5.84 Å². The van der Waals surface area contributed by atoms with Crippen molar-refractivity contribution in [3.8, 4) is 0 Å². The Kier molecular flexibility index (Phi) is 4.50. The number of halogens is 1. The van der Waals surface area contributed by atoms with Crippen molar-refractivity contribution in [2.45, 2.75) is 26.3 Å². The standard InChI is InChI=1S/C13H16BrN3S/c1-8-3-10(5-11(14)4-8)12(17-15)6-13-16-9(2)7-18-13/h3-5,7,12,17H,6,15H2,1-2H3. The maximum absolute atomic E-state index is 5.67. The molecule has 0 bridgehead atoms. The van der Waals surface area contributed by atoms with Gasteiger partial charge in [-0.25, -0.2) is 4.98 Å². The number of hydrogen-bond acceptors (Lipinski definition) is 4. The number of nitrogens with one attached hydrogen (secondary N) is 1. The van der Waals surface area contributed by atoms with Crippen LogP contribution in [-0.2, 0) is 6.42 Å². The highest BCUT2D eigenvalue weighted by molar-refractivity contribution is 9.10. The van der Waals surface area contributed by atoms with E-state index in [1.165, 1.54) is 11.1 Å². The first-order chi connectivity index (χ1) is 8.58. The second kappa shape index (κ2) is 5.93. The summed E-state index contributed by atoms with van der Waals surface area (Å²) in [6, 6.07) is 6.42. The van der Waals surface area contributed by atoms with Crippen LogP contribution >= 0.6 is 27.3 Å². The Balaban J connectivity index is 2.22. The lowest BCUT2D eigenvalue weighted by Crippen LogP contribution is -2.29. The number of aryl methyl sites for hydroxylation is 2. The van der Waals surface area contributed by atoms with Crippen LogP contribution in [0.3, 0.4) is 0 Å². The van der Waals surface area contributed by atoms with E-state index in [0.29, 0.717) is 0 Å². The predicted octanol–water partition coefficient (Wildman–Crippen LogP) is 3.27. The van der Waals surface area contributed by atoms with Crippen LogP contribution in [0.5, 0.6) is 0 Å². The number of benzene rings is 1. The second-order valence-electron chi connectivity index (χ2n) is 4.37. The third-order valence-corrected chi connectivity index (χ3v) is 4.16. The highest BCUT2D eigenvalue weighted by atomic mass is 79.9. The molecule has 0 amide bonds. The van der Waals surface area contributed by atoms with Gasteiger partial charge in [0, 0.05) is 22.0 Å². The van der Waals surface area contributed by atoms with Gasteiger partial charge in [0.25, 0.3) is 0 Å². The molecule has 0 fully saturated rings. The first-order valence-electron chi connectivity index (χ1n) is 5.72. The Bertz CT molecular complexity index is 519. The second-order valence-corrected chi connectivity index (χ2v) is 6.23. The van der Waals surface area contributed by atoms with Gasteiger partial charge in [-0.15, -0.1) is 11.3 Å². The number of hydrazine groups is 1. The van der Waals surface area contributed by atoms with Gasteiger partial charge in [0.15, 0.2) is 0 Å². The zero-order chi connectivity index (χ0) is 13.1. The highest BCUT2D eigenvalue weighted by Crippen LogP contribution is 2.24. The minimum absolute atomic E-state index is 0.0896. The predicted molar refractivity (Wildman–Crippen MR) is 79.5 cm³/mol. The van der Waals surface area contributed by atoms with E-state index in [1.807, 2.05) is 6.92 Å². The van der Waals surface area contributed by atoms with Gasteiger partial charge in [-0.3, -0.25) is 11.3 Å². The topological polar surface area (TPSA) is 50.9 Å². The molecule has 1 unspecified atom stereocenters. The van der Waals surface area contributed by atoms with Crippen LogP contribution in [0.1, 0.15) is 27.9 Å². The van der Waals surface area contributed by atoms with E-state index in [2.05, 4.69) is 56.8 Å². The summed E-state index contributed by atoms with van der Waals surface area (Å²) in [6.07, 6.45) is 0.810. The first-order valence-corrected chi connectivity index (χ1v) is 7.40. The summed E-state index contributed by atoms with van der Waals surface area (Å²) in [7, 11) is 0. The number of aromatic nitrogens is 1. The molecule has 1 heterocycles. The van der Waals surface area contributed by atoms with Crippen molar-refractivity contribution in [2.24, 2.45) is 5.84 Å². The quantitative estimate of drug-likeness (QED) is 0.670. The molecule has 96 valence electrons. The molecule has 0 aliphatic rings. The molecule has 3 N–H and O–H groups in total. The SMILES string of the molecule is Cc1cc(Br)cc(C(Cc2nc(C)cs2)NN)c1. The summed E-state index contributed by atoms with van der Waals surface area (Å²) in [4.78, 5) is 4.48. The van der Waals surface area contributed by atoms with E-state index < -0.39 is 0 Å². The van der Waals surface area contributed by atoms with Gasteiger partial charge in [0.1, 0.15) is 0 Å². The van der Waals surface area contributed by atoms with E-state index in [0.717, 1.165) is 21.6 Å². The van der Waals surface area contributed by atoms with Crippen LogP contribution in [0.2, 0.25) is 0 Å². The maximum atomic E-state index is 5.67. The van der Waals surface area contributed by atoms with Gasteiger partial charge in [0.05, 0.1) is 11.0 Å². The lowest BCUT2D eigenvalue weighted by Gasteiger charge is -2.16. The Morgan fingerprint density at radius 3 is 2.72 bits per heavy atom. The molecule has 1 aromatic carbocycles. The molecular weight excluding hydrogens is 310 g/mol. The molecule has 1 aromatic heterocycles. The van der Waals surface area contributed by atoms with Crippen molar-refractivity contribution in [1.82, 2.24) is 10.4 Å². The van der Waals surface area contributed by atoms with Crippen molar-refractivity contribution in [3.63, 3.8) is 0 Å². The summed E-state index contributed by atoms with van der Waals surface area (Å²) < 4.78 is 1.08. The number of thiazole rings is 1. The molecule has 1 atom stereocenters. The van der Waals surface area contributed by atoms with Gasteiger partial charge in [-0.1, -0.05) is 22.0 Å². The number of nitrogens with zero attached hydrogens (tertiary/aromatic N) is 1. The fraction of sp³-hybridized carbons (Fsp3) is 0.308. The molecule has 18 heavy (non-hydrogen) atoms. The lowest BCUT2D eigenvalue weighted by molar-refractivity contribution is 0.550. The van der Waals surface area contributed by atoms with Gasteiger partial charge in [-0.05, 0) is 37.1 Å². The summed E-state index contributed by atoms with van der Waals surface area (Å²) in [6.45, 7) is 4.09. The Labute approximate surface area is 120 Å². The van der Waals surface area contributed by atoms with Crippen LogP contribution in [-0.4, -0.2) is 4.98 Å². The first kappa shape index (κ1) is 13.7. The molecule has 0 aliphatic carbocycles. The van der Waals surface area contributed by atoms with Gasteiger partial charge >= 0.3 is 0 Å². The maximum Gasteiger partial charge on any atom is 0.0947 e. The highest BCUT2D eigenvalue weighted by Gasteiger charge is 2.13. The zero-order valence-electron chi connectivity index (χ0n) is 10.4. The summed E-state index contributed by atoms with van der Waals surface area (Å²) in [5.41, 5.74) is 6.34. The van der Waals surface area contributed by atoms with Crippen LogP contribution in [0.15, 0.2) is 28.1 Å². The largest absolute Gasteiger partial charge is 0.271 e. The average Bonchev–Trinajstić information content (AvgIpc) is 2.70. The zero-order valence-corrected chi connectivity index (χ0v) is 12.8. The molecule has 0 saturated carbocycles. The van der Waals surface area contributed by atoms with E-state index in [1.54, 1.807) is 11.3 Å². The number of nitrogens with two attached hydrogens (primary N) is 1. The van der Waals surface area contributed by atoms with Crippen LogP contribution in [0.4, 0.5) is 0 Å². The molecule has 5 heteroatoms. The average molecular weight is 326 g/mol. The van der Waals surface area contributed by atoms with E-state index in [9.17, 15) is 0 Å². The van der Waals surface area contributed by atoms with Crippen molar-refractivity contribution in [1.29, 1.82) is 0 Å². The molecule has 3 nitrogen and oxygen atoms in total. The minimum atomic E-state index is 0.0896. The van der Waals surface area contributed by atoms with Gasteiger partial charge in [-0.2, -0.15) is 0 Å². The molecular formula is C13H16BrN3S. The van der Waals surface area contributed by atoms with Crippen molar-refractivity contribution >= 4 is 27.3 Å². The van der Waals surface area contributed by atoms with Crippen LogP contribution < -0.4 is 11.3 Å². The van der Waals surface area contributed by atoms with Crippen molar-refractivity contribution in [2.75, 3.05) is 0 Å². The molecule has 0 spiro atoms. The van der Waals surface area contributed by atoms with E-state index in [-0.39, 0.29) is 6.04 Å². The molecule has 2 rings (SSSR count). The Hall–Kier alpha value is -0.750. The molecule has 0 radical (unpaired) electrons. The number of hydrogen-bond donors (Lipinski definition) is 2. The molecule has 0 aliphatic heterocycles.